The van der Waals surface area contributed by atoms with Crippen LogP contribution in [0.25, 0.3) is 0 Å². The van der Waals surface area contributed by atoms with E-state index in [1.807, 2.05) is 24.5 Å². The summed E-state index contributed by atoms with van der Waals surface area (Å²) in [6.45, 7) is 3.22. The van der Waals surface area contributed by atoms with E-state index in [1.54, 1.807) is 6.26 Å². The second-order valence-electron chi connectivity index (χ2n) is 5.25. The summed E-state index contributed by atoms with van der Waals surface area (Å²) in [5.41, 5.74) is 1.29. The van der Waals surface area contributed by atoms with E-state index in [1.165, 1.54) is 18.5 Å². The van der Waals surface area contributed by atoms with Crippen molar-refractivity contribution < 1.29 is 4.42 Å². The first-order chi connectivity index (χ1) is 9.92. The van der Waals surface area contributed by atoms with Gasteiger partial charge in [0.05, 0.1) is 6.26 Å². The van der Waals surface area contributed by atoms with Crippen LogP contribution < -0.4 is 10.2 Å². The van der Waals surface area contributed by atoms with Gasteiger partial charge in [-0.05, 0) is 37.1 Å². The number of hydrogen-bond donors (Lipinski definition) is 1. The van der Waals surface area contributed by atoms with Crippen molar-refractivity contribution in [2.75, 3.05) is 24.5 Å². The molecule has 2 aromatic heterocycles. The van der Waals surface area contributed by atoms with Crippen molar-refractivity contribution >= 4 is 5.69 Å². The molecule has 1 aliphatic rings. The second-order valence-corrected chi connectivity index (χ2v) is 5.25. The van der Waals surface area contributed by atoms with Crippen molar-refractivity contribution in [1.82, 2.24) is 10.3 Å². The zero-order valence-corrected chi connectivity index (χ0v) is 11.7. The van der Waals surface area contributed by atoms with E-state index < -0.39 is 0 Å². The molecule has 0 amide bonds. The number of furan rings is 1. The average Bonchev–Trinajstić information content (AvgIpc) is 3.02. The van der Waals surface area contributed by atoms with Gasteiger partial charge in [0.2, 0.25) is 0 Å². The van der Waals surface area contributed by atoms with Gasteiger partial charge in [-0.1, -0.05) is 0 Å². The minimum Gasteiger partial charge on any atom is -0.469 e. The number of nitrogens with zero attached hydrogens (tertiary/aromatic N) is 2. The number of nitrogens with one attached hydrogen (secondary N) is 1. The highest BCUT2D eigenvalue weighted by atomic mass is 16.3. The van der Waals surface area contributed by atoms with Crippen LogP contribution >= 0.6 is 0 Å². The largest absolute Gasteiger partial charge is 0.469 e. The quantitative estimate of drug-likeness (QED) is 0.907. The van der Waals surface area contributed by atoms with Crippen LogP contribution in [0.4, 0.5) is 5.69 Å². The van der Waals surface area contributed by atoms with E-state index in [0.29, 0.717) is 6.04 Å². The fourth-order valence-corrected chi connectivity index (χ4v) is 2.75. The molecule has 0 bridgehead atoms. The summed E-state index contributed by atoms with van der Waals surface area (Å²) in [6, 6.07) is 8.79. The van der Waals surface area contributed by atoms with Crippen molar-refractivity contribution in [1.29, 1.82) is 0 Å². The van der Waals surface area contributed by atoms with E-state index >= 15 is 0 Å². The van der Waals surface area contributed by atoms with Gasteiger partial charge < -0.3 is 14.6 Å². The van der Waals surface area contributed by atoms with Crippen LogP contribution in [-0.2, 0) is 6.42 Å². The van der Waals surface area contributed by atoms with Gasteiger partial charge in [-0.2, -0.15) is 0 Å². The van der Waals surface area contributed by atoms with Gasteiger partial charge in [-0.3, -0.25) is 4.98 Å². The number of hydrogen-bond acceptors (Lipinski definition) is 4. The first kappa shape index (κ1) is 13.2. The Balaban J connectivity index is 1.40. The van der Waals surface area contributed by atoms with E-state index in [4.69, 9.17) is 4.42 Å². The van der Waals surface area contributed by atoms with Crippen LogP contribution in [-0.4, -0.2) is 30.7 Å². The molecule has 0 aromatic carbocycles. The lowest BCUT2D eigenvalue weighted by Gasteiger charge is -2.34. The lowest BCUT2D eigenvalue weighted by molar-refractivity contribution is 0.408. The second kappa shape index (κ2) is 6.57. The van der Waals surface area contributed by atoms with Crippen LogP contribution in [0.15, 0.2) is 47.3 Å². The Morgan fingerprint density at radius 3 is 2.70 bits per heavy atom. The molecule has 0 atom stereocenters. The summed E-state index contributed by atoms with van der Waals surface area (Å²) >= 11 is 0. The fraction of sp³-hybridized carbons (Fsp3) is 0.438. The molecule has 2 aromatic rings. The predicted molar refractivity (Wildman–Crippen MR) is 79.9 cm³/mol. The van der Waals surface area contributed by atoms with Crippen molar-refractivity contribution in [3.8, 4) is 0 Å². The van der Waals surface area contributed by atoms with Crippen LogP contribution in [0.1, 0.15) is 18.6 Å². The van der Waals surface area contributed by atoms with Crippen molar-refractivity contribution in [3.05, 3.63) is 48.7 Å². The van der Waals surface area contributed by atoms with Crippen molar-refractivity contribution in [2.24, 2.45) is 0 Å². The molecular weight excluding hydrogens is 250 g/mol. The number of aromatic nitrogens is 1. The predicted octanol–water partition coefficient (Wildman–Crippen LogP) is 2.48. The Morgan fingerprint density at radius 2 is 2.00 bits per heavy atom. The van der Waals surface area contributed by atoms with Crippen molar-refractivity contribution in [3.63, 3.8) is 0 Å². The maximum Gasteiger partial charge on any atom is 0.105 e. The van der Waals surface area contributed by atoms with Gasteiger partial charge in [0, 0.05) is 50.2 Å². The van der Waals surface area contributed by atoms with Crippen LogP contribution in [0, 0.1) is 0 Å². The summed E-state index contributed by atoms with van der Waals surface area (Å²) in [7, 11) is 0. The molecule has 0 unspecified atom stereocenters. The molecule has 0 saturated carbocycles. The number of anilines is 1. The van der Waals surface area contributed by atoms with Crippen LogP contribution in [0.5, 0.6) is 0 Å². The third kappa shape index (κ3) is 3.39. The molecule has 1 fully saturated rings. The van der Waals surface area contributed by atoms with Gasteiger partial charge in [-0.15, -0.1) is 0 Å². The number of piperidine rings is 1. The first-order valence-corrected chi connectivity index (χ1v) is 7.32. The fourth-order valence-electron chi connectivity index (χ4n) is 2.75. The minimum absolute atomic E-state index is 0.628. The molecule has 4 heteroatoms. The molecule has 1 saturated heterocycles. The van der Waals surface area contributed by atoms with Gasteiger partial charge in [0.1, 0.15) is 5.76 Å². The molecule has 4 nitrogen and oxygen atoms in total. The number of pyridine rings is 1. The van der Waals surface area contributed by atoms with Crippen LogP contribution in [0.2, 0.25) is 0 Å². The molecule has 3 heterocycles. The van der Waals surface area contributed by atoms with Gasteiger partial charge in [0.25, 0.3) is 0 Å². The van der Waals surface area contributed by atoms with Crippen molar-refractivity contribution in [2.45, 2.75) is 25.3 Å². The Bertz CT molecular complexity index is 490. The van der Waals surface area contributed by atoms with Gasteiger partial charge in [0.15, 0.2) is 0 Å². The Labute approximate surface area is 119 Å². The zero-order chi connectivity index (χ0) is 13.6. The topological polar surface area (TPSA) is 41.3 Å². The Morgan fingerprint density at radius 1 is 1.20 bits per heavy atom. The summed E-state index contributed by atoms with van der Waals surface area (Å²) in [6.07, 6.45) is 8.83. The van der Waals surface area contributed by atoms with Gasteiger partial charge in [-0.25, -0.2) is 0 Å². The summed E-state index contributed by atoms with van der Waals surface area (Å²) in [5.74, 6) is 1.06. The van der Waals surface area contributed by atoms with E-state index in [0.717, 1.165) is 31.8 Å². The van der Waals surface area contributed by atoms with E-state index in [2.05, 4.69) is 27.3 Å². The molecular formula is C16H21N3O. The molecule has 1 N–H and O–H groups in total. The van der Waals surface area contributed by atoms with E-state index in [9.17, 15) is 0 Å². The Hall–Kier alpha value is -1.81. The lowest BCUT2D eigenvalue weighted by Crippen LogP contribution is -2.43. The SMILES string of the molecule is c1coc(CCNC2CCN(c3ccncc3)CC2)c1. The first-order valence-electron chi connectivity index (χ1n) is 7.32. The third-order valence-electron chi connectivity index (χ3n) is 3.91. The molecule has 0 radical (unpaired) electrons. The monoisotopic (exact) mass is 271 g/mol. The summed E-state index contributed by atoms with van der Waals surface area (Å²) < 4.78 is 5.34. The molecule has 0 aliphatic carbocycles. The maximum absolute atomic E-state index is 5.34. The number of rotatable bonds is 5. The highest BCUT2D eigenvalue weighted by molar-refractivity contribution is 5.44. The Kier molecular flexibility index (Phi) is 4.33. The molecule has 106 valence electrons. The molecule has 0 spiro atoms. The highest BCUT2D eigenvalue weighted by Crippen LogP contribution is 2.18. The summed E-state index contributed by atoms with van der Waals surface area (Å²) in [5, 5.41) is 3.63. The lowest BCUT2D eigenvalue weighted by atomic mass is 10.0. The molecule has 1 aliphatic heterocycles. The smallest absolute Gasteiger partial charge is 0.105 e. The molecule has 3 rings (SSSR count). The van der Waals surface area contributed by atoms with Gasteiger partial charge >= 0.3 is 0 Å². The average molecular weight is 271 g/mol. The van der Waals surface area contributed by atoms with E-state index in [-0.39, 0.29) is 0 Å². The maximum atomic E-state index is 5.34. The normalized spacial score (nSPS) is 16.5. The third-order valence-corrected chi connectivity index (χ3v) is 3.91. The summed E-state index contributed by atoms with van der Waals surface area (Å²) in [4.78, 5) is 6.51. The highest BCUT2D eigenvalue weighted by Gasteiger charge is 2.18. The molecule has 20 heavy (non-hydrogen) atoms. The standard InChI is InChI=1S/C16H21N3O/c1-2-16(20-13-1)5-10-18-14-6-11-19(12-7-14)15-3-8-17-9-4-15/h1-4,8-9,13-14,18H,5-7,10-12H2. The zero-order valence-electron chi connectivity index (χ0n) is 11.7. The van der Waals surface area contributed by atoms with Crippen LogP contribution in [0.3, 0.4) is 0 Å². The minimum atomic E-state index is 0.628.